The Kier molecular flexibility index (Phi) is 5.37. The van der Waals surface area contributed by atoms with Crippen LogP contribution >= 0.6 is 0 Å². The zero-order valence-electron chi connectivity index (χ0n) is 22.7. The predicted octanol–water partition coefficient (Wildman–Crippen LogP) is 1.57. The third-order valence-electron chi connectivity index (χ3n) is 11.0. The lowest BCUT2D eigenvalue weighted by Gasteiger charge is -2.73. The molecule has 4 aliphatic carbocycles. The van der Waals surface area contributed by atoms with E-state index in [1.807, 2.05) is 7.11 Å². The Hall–Kier alpha value is -1.90. The molecule has 0 aromatic heterocycles. The average Bonchev–Trinajstić information content (AvgIpc) is 3.10. The Balaban J connectivity index is 0.00000252. The van der Waals surface area contributed by atoms with E-state index in [-0.39, 0.29) is 46.3 Å². The highest BCUT2D eigenvalue weighted by Gasteiger charge is 2.83. The molecule has 0 unspecified atom stereocenters. The minimum absolute atomic E-state index is 0. The largest absolute Gasteiger partial charge is 1.00 e. The molecule has 2 aromatic carbocycles. The van der Waals surface area contributed by atoms with E-state index in [0.29, 0.717) is 6.04 Å². The molecule has 0 N–H and O–H groups in total. The Labute approximate surface area is 237 Å². The van der Waals surface area contributed by atoms with Crippen molar-refractivity contribution in [3.63, 3.8) is 0 Å². The highest BCUT2D eigenvalue weighted by atomic mass is 127. The highest BCUT2D eigenvalue weighted by Crippen LogP contribution is 2.77. The van der Waals surface area contributed by atoms with Crippen molar-refractivity contribution in [2.24, 2.45) is 15.8 Å². The van der Waals surface area contributed by atoms with Crippen LogP contribution in [-0.2, 0) is 16.6 Å². The number of aliphatic imine (C=N–C) groups is 1. The molecular weight excluding hydrogens is 575 g/mol. The van der Waals surface area contributed by atoms with E-state index >= 15 is 0 Å². The van der Waals surface area contributed by atoms with Crippen molar-refractivity contribution in [2.45, 2.75) is 49.3 Å². The number of halogens is 1. The van der Waals surface area contributed by atoms with Crippen LogP contribution in [0.2, 0.25) is 0 Å². The molecule has 0 radical (unpaired) electrons. The van der Waals surface area contributed by atoms with Crippen molar-refractivity contribution in [1.29, 1.82) is 0 Å². The average molecular weight is 613 g/mol. The smallest absolute Gasteiger partial charge is 0.164 e. The monoisotopic (exact) mass is 612 g/mol. The summed E-state index contributed by atoms with van der Waals surface area (Å²) in [4.78, 5) is 5.72. The van der Waals surface area contributed by atoms with Crippen LogP contribution in [0.3, 0.4) is 0 Å². The van der Waals surface area contributed by atoms with E-state index in [1.165, 1.54) is 22.4 Å². The number of rotatable bonds is 4. The van der Waals surface area contributed by atoms with Gasteiger partial charge >= 0.3 is 0 Å². The number of likely N-dealkylation sites (N-methyl/N-ethyl adjacent to an activating group) is 1. The van der Waals surface area contributed by atoms with E-state index < -0.39 is 5.60 Å². The van der Waals surface area contributed by atoms with Crippen LogP contribution in [0, 0.1) is 10.8 Å². The highest BCUT2D eigenvalue weighted by molar-refractivity contribution is 6.08. The first-order valence-corrected chi connectivity index (χ1v) is 13.2. The normalized spacial score (nSPS) is 39.2. The number of quaternary nitrogens is 1. The summed E-state index contributed by atoms with van der Waals surface area (Å²) in [5.74, 6) is 1.70. The minimum atomic E-state index is -0.498. The fourth-order valence-corrected chi connectivity index (χ4v) is 9.60. The van der Waals surface area contributed by atoms with Crippen molar-refractivity contribution >= 4 is 5.71 Å². The molecule has 2 fully saturated rings. The number of piperidine rings is 1. The number of fused-ring (bicyclic) bond motifs is 1. The van der Waals surface area contributed by atoms with Crippen molar-refractivity contribution in [3.05, 3.63) is 71.3 Å². The maximum atomic E-state index is 6.66. The molecule has 5 nitrogen and oxygen atoms in total. The van der Waals surface area contributed by atoms with Crippen molar-refractivity contribution in [2.75, 3.05) is 42.0 Å². The summed E-state index contributed by atoms with van der Waals surface area (Å²) in [5, 5.41) is 0. The van der Waals surface area contributed by atoms with Gasteiger partial charge in [-0.25, -0.2) is 0 Å². The van der Waals surface area contributed by atoms with Gasteiger partial charge in [0, 0.05) is 36.3 Å². The molecule has 1 saturated carbocycles. The van der Waals surface area contributed by atoms with Crippen molar-refractivity contribution in [3.8, 4) is 11.5 Å². The van der Waals surface area contributed by atoms with Crippen molar-refractivity contribution < 1.29 is 42.7 Å². The molecule has 2 aromatic rings. The molecule has 6 heteroatoms. The van der Waals surface area contributed by atoms with Gasteiger partial charge in [0.25, 0.3) is 0 Å². The topological polar surface area (TPSA) is 40.0 Å². The first-order valence-electron chi connectivity index (χ1n) is 13.2. The zero-order valence-corrected chi connectivity index (χ0v) is 24.8. The summed E-state index contributed by atoms with van der Waals surface area (Å²) in [6, 6.07) is 15.6. The summed E-state index contributed by atoms with van der Waals surface area (Å²) in [6.07, 6.45) is 8.05. The van der Waals surface area contributed by atoms with E-state index in [9.17, 15) is 0 Å². The Bertz CT molecular complexity index is 1340. The molecule has 6 aliphatic rings. The van der Waals surface area contributed by atoms with Gasteiger partial charge in [0.2, 0.25) is 0 Å². The SMILES string of the molecule is COc1ccc2c(c1OC)[C@]13CC[N+](C)(C)[C@H](C2)[C@]12C=C[C@]1(OC)[C@H]3N=C(c3ccccc3)[C@]1(C)C2.[I-]. The van der Waals surface area contributed by atoms with Gasteiger partial charge in [0.05, 0.1) is 52.0 Å². The second-order valence-corrected chi connectivity index (χ2v) is 12.4. The number of nitrogens with zero attached hydrogens (tertiary/aromatic N) is 2. The number of hydrogen-bond acceptors (Lipinski definition) is 4. The Morgan fingerprint density at radius 3 is 2.41 bits per heavy atom. The van der Waals surface area contributed by atoms with Gasteiger partial charge in [-0.15, -0.1) is 0 Å². The fraction of sp³-hybridized carbons (Fsp3) is 0.516. The second-order valence-electron chi connectivity index (χ2n) is 12.4. The third kappa shape index (κ3) is 2.61. The number of methoxy groups -OCH3 is 3. The lowest BCUT2D eigenvalue weighted by atomic mass is 9.33. The van der Waals surface area contributed by atoms with Crippen LogP contribution in [0.1, 0.15) is 36.5 Å². The Morgan fingerprint density at radius 1 is 0.973 bits per heavy atom. The minimum Gasteiger partial charge on any atom is -1.00 e. The number of benzene rings is 2. The van der Waals surface area contributed by atoms with Crippen LogP contribution in [0.5, 0.6) is 11.5 Å². The molecule has 37 heavy (non-hydrogen) atoms. The van der Waals surface area contributed by atoms with E-state index in [4.69, 9.17) is 19.2 Å². The lowest BCUT2D eigenvalue weighted by Crippen LogP contribution is -3.00. The van der Waals surface area contributed by atoms with Gasteiger partial charge in [-0.1, -0.05) is 55.5 Å². The number of hydrogen-bond donors (Lipinski definition) is 0. The quantitative estimate of drug-likeness (QED) is 0.299. The van der Waals surface area contributed by atoms with Gasteiger partial charge in [-0.3, -0.25) is 4.99 Å². The second kappa shape index (κ2) is 7.82. The summed E-state index contributed by atoms with van der Waals surface area (Å²) < 4.78 is 19.7. The van der Waals surface area contributed by atoms with E-state index in [1.54, 1.807) is 14.2 Å². The maximum Gasteiger partial charge on any atom is 0.164 e. The van der Waals surface area contributed by atoms with Crippen LogP contribution in [-0.4, -0.2) is 69.8 Å². The van der Waals surface area contributed by atoms with Crippen molar-refractivity contribution in [1.82, 2.24) is 0 Å². The van der Waals surface area contributed by atoms with Gasteiger partial charge in [-0.2, -0.15) is 0 Å². The molecule has 8 rings (SSSR count). The lowest BCUT2D eigenvalue weighted by molar-refractivity contribution is -0.931. The number of likely N-dealkylation sites (tertiary alicyclic amines) is 1. The van der Waals surface area contributed by atoms with Gasteiger partial charge in [-0.05, 0) is 23.6 Å². The number of ether oxygens (including phenoxy) is 3. The molecule has 2 aliphatic heterocycles. The summed E-state index contributed by atoms with van der Waals surface area (Å²) in [6.45, 7) is 3.51. The van der Waals surface area contributed by atoms with E-state index in [2.05, 4.69) is 75.6 Å². The first-order chi connectivity index (χ1) is 17.2. The molecule has 2 heterocycles. The molecule has 0 amide bonds. The summed E-state index contributed by atoms with van der Waals surface area (Å²) >= 11 is 0. The molecule has 196 valence electrons. The van der Waals surface area contributed by atoms with E-state index in [0.717, 1.165) is 41.8 Å². The predicted molar refractivity (Wildman–Crippen MR) is 141 cm³/mol. The molecular formula is C31H37IN2O3. The van der Waals surface area contributed by atoms with Crippen LogP contribution < -0.4 is 33.5 Å². The zero-order chi connectivity index (χ0) is 25.1. The van der Waals surface area contributed by atoms with Gasteiger partial charge < -0.3 is 42.7 Å². The standard InChI is InChI=1S/C31H37N2O3.HI/c1-28-19-29-14-15-31(28,36-6)27(32-26(28)20-10-8-7-9-11-20)30(29)16-17-33(2,3)23(29)18-21-12-13-22(34-4)25(35-5)24(21)30;/h7-15,23,27H,16-19H2,1-6H3;1H/q+1;/p-1/t23-,27+,28+,29-,30+,31+;/m1./s1. The Morgan fingerprint density at radius 2 is 1.73 bits per heavy atom. The molecule has 6 atom stereocenters. The molecule has 1 saturated heterocycles. The summed E-state index contributed by atoms with van der Waals surface area (Å²) in [5.41, 5.74) is 4.11. The first kappa shape index (κ1) is 25.4. The van der Waals surface area contributed by atoms with Gasteiger partial charge in [0.15, 0.2) is 11.5 Å². The van der Waals surface area contributed by atoms with Crippen LogP contribution in [0.4, 0.5) is 0 Å². The molecule has 6 bridgehead atoms. The summed E-state index contributed by atoms with van der Waals surface area (Å²) in [7, 11) is 10.3. The molecule has 1 spiro atoms. The van der Waals surface area contributed by atoms with Gasteiger partial charge in [0.1, 0.15) is 11.6 Å². The van der Waals surface area contributed by atoms with Crippen LogP contribution in [0.25, 0.3) is 0 Å². The fourth-order valence-electron chi connectivity index (χ4n) is 9.60. The maximum absolute atomic E-state index is 6.66. The van der Waals surface area contributed by atoms with Crippen LogP contribution in [0.15, 0.2) is 59.6 Å². The third-order valence-corrected chi connectivity index (χ3v) is 11.0.